The van der Waals surface area contributed by atoms with Crippen molar-refractivity contribution in [3.8, 4) is 5.75 Å². The summed E-state index contributed by atoms with van der Waals surface area (Å²) >= 11 is 3.40. The maximum Gasteiger partial charge on any atom is 0.152 e. The predicted molar refractivity (Wildman–Crippen MR) is 80.2 cm³/mol. The number of halogens is 1. The largest absolute Gasteiger partial charge is 0.494 e. The van der Waals surface area contributed by atoms with Gasteiger partial charge in [0.15, 0.2) is 5.75 Å². The van der Waals surface area contributed by atoms with Gasteiger partial charge in [-0.05, 0) is 77.3 Å². The van der Waals surface area contributed by atoms with E-state index in [9.17, 15) is 0 Å². The summed E-state index contributed by atoms with van der Waals surface area (Å²) in [5, 5.41) is 3.51. The Morgan fingerprint density at radius 1 is 1.42 bits per heavy atom. The van der Waals surface area contributed by atoms with Gasteiger partial charge in [0.2, 0.25) is 0 Å². The van der Waals surface area contributed by atoms with E-state index in [-0.39, 0.29) is 0 Å². The molecule has 0 amide bonds. The van der Waals surface area contributed by atoms with Crippen LogP contribution in [0.1, 0.15) is 24.8 Å². The van der Waals surface area contributed by atoms with E-state index >= 15 is 0 Å². The average Bonchev–Trinajstić information content (AvgIpc) is 2.47. The summed E-state index contributed by atoms with van der Waals surface area (Å²) in [5.41, 5.74) is 2.62. The van der Waals surface area contributed by atoms with Crippen molar-refractivity contribution in [1.29, 1.82) is 0 Å². The molecule has 2 heterocycles. The molecular weight excluding hydrogens is 304 g/mol. The second-order valence-electron chi connectivity index (χ2n) is 5.40. The Morgan fingerprint density at radius 3 is 3.16 bits per heavy atom. The highest BCUT2D eigenvalue weighted by molar-refractivity contribution is 9.10. The lowest BCUT2D eigenvalue weighted by Crippen LogP contribution is -2.37. The van der Waals surface area contributed by atoms with Gasteiger partial charge in [0.05, 0.1) is 7.11 Å². The molecule has 102 valence electrons. The summed E-state index contributed by atoms with van der Waals surface area (Å²) in [6.07, 6.45) is 8.02. The molecule has 0 spiro atoms. The van der Waals surface area contributed by atoms with E-state index < -0.39 is 0 Å². The molecule has 1 aliphatic carbocycles. The lowest BCUT2D eigenvalue weighted by atomic mass is 9.75. The van der Waals surface area contributed by atoms with E-state index in [1.807, 2.05) is 6.20 Å². The molecule has 4 heteroatoms. The number of hydrogen-bond donors (Lipinski definition) is 1. The number of piperidine rings is 1. The average molecular weight is 323 g/mol. The molecule has 0 bridgehead atoms. The van der Waals surface area contributed by atoms with E-state index in [0.29, 0.717) is 0 Å². The standard InChI is InChI=1S/C15H19BrN2O/c1-19-14-7-13(9-18-15(14)16)11-3-2-10-4-5-17-8-12(10)6-11/h3,7,9-10,12,17H,2,4-6,8H2,1H3/t10-,12+/m0/s1. The highest BCUT2D eigenvalue weighted by Crippen LogP contribution is 2.38. The first-order valence-corrected chi connectivity index (χ1v) is 7.67. The van der Waals surface area contributed by atoms with Gasteiger partial charge in [-0.1, -0.05) is 6.08 Å². The first-order valence-electron chi connectivity index (χ1n) is 6.87. The highest BCUT2D eigenvalue weighted by atomic mass is 79.9. The SMILES string of the molecule is COc1cc(C2=CC[C@H]3CCNC[C@H]3C2)cnc1Br. The van der Waals surface area contributed by atoms with Crippen LogP contribution in [0.5, 0.6) is 5.75 Å². The van der Waals surface area contributed by atoms with Crippen molar-refractivity contribution in [2.45, 2.75) is 19.3 Å². The first kappa shape index (κ1) is 13.1. The highest BCUT2D eigenvalue weighted by Gasteiger charge is 2.28. The van der Waals surface area contributed by atoms with Crippen molar-refractivity contribution in [2.24, 2.45) is 11.8 Å². The summed E-state index contributed by atoms with van der Waals surface area (Å²) in [6.45, 7) is 2.33. The van der Waals surface area contributed by atoms with Crippen molar-refractivity contribution in [2.75, 3.05) is 20.2 Å². The Bertz CT molecular complexity index is 501. The second kappa shape index (κ2) is 5.63. The molecule has 2 aliphatic rings. The van der Waals surface area contributed by atoms with Gasteiger partial charge in [0.1, 0.15) is 4.60 Å². The van der Waals surface area contributed by atoms with Gasteiger partial charge < -0.3 is 10.1 Å². The fourth-order valence-electron chi connectivity index (χ4n) is 3.17. The van der Waals surface area contributed by atoms with Crippen molar-refractivity contribution >= 4 is 21.5 Å². The van der Waals surface area contributed by atoms with E-state index in [1.54, 1.807) is 7.11 Å². The summed E-state index contributed by atoms with van der Waals surface area (Å²) < 4.78 is 6.10. The molecule has 2 atom stereocenters. The zero-order valence-corrected chi connectivity index (χ0v) is 12.7. The van der Waals surface area contributed by atoms with Gasteiger partial charge in [-0.3, -0.25) is 0 Å². The van der Waals surface area contributed by atoms with Gasteiger partial charge in [-0.25, -0.2) is 4.98 Å². The molecule has 0 radical (unpaired) electrons. The summed E-state index contributed by atoms with van der Waals surface area (Å²) in [4.78, 5) is 4.36. The van der Waals surface area contributed by atoms with Crippen LogP contribution in [0, 0.1) is 11.8 Å². The first-order chi connectivity index (χ1) is 9.28. The molecule has 0 saturated carbocycles. The Labute approximate surface area is 122 Å². The molecule has 19 heavy (non-hydrogen) atoms. The van der Waals surface area contributed by atoms with Crippen LogP contribution in [0.3, 0.4) is 0 Å². The quantitative estimate of drug-likeness (QED) is 0.849. The van der Waals surface area contributed by atoms with Crippen LogP contribution in [0.25, 0.3) is 5.57 Å². The smallest absolute Gasteiger partial charge is 0.152 e. The van der Waals surface area contributed by atoms with Crippen LogP contribution in [-0.2, 0) is 0 Å². The number of fused-ring (bicyclic) bond motifs is 1. The minimum absolute atomic E-state index is 0.771. The normalized spacial score (nSPS) is 26.5. The second-order valence-corrected chi connectivity index (χ2v) is 6.15. The fourth-order valence-corrected chi connectivity index (χ4v) is 3.55. The number of rotatable bonds is 2. The van der Waals surface area contributed by atoms with Crippen molar-refractivity contribution in [3.63, 3.8) is 0 Å². The van der Waals surface area contributed by atoms with Gasteiger partial charge in [0, 0.05) is 6.20 Å². The van der Waals surface area contributed by atoms with Crippen LogP contribution in [0.2, 0.25) is 0 Å². The van der Waals surface area contributed by atoms with Gasteiger partial charge >= 0.3 is 0 Å². The summed E-state index contributed by atoms with van der Waals surface area (Å²) in [6, 6.07) is 2.08. The minimum Gasteiger partial charge on any atom is -0.494 e. The van der Waals surface area contributed by atoms with E-state index in [1.165, 1.54) is 30.5 Å². The molecule has 3 rings (SSSR count). The molecule has 1 aromatic heterocycles. The van der Waals surface area contributed by atoms with Crippen molar-refractivity contribution < 1.29 is 4.74 Å². The van der Waals surface area contributed by atoms with E-state index in [0.717, 1.165) is 35.2 Å². The van der Waals surface area contributed by atoms with Crippen LogP contribution in [0.4, 0.5) is 0 Å². The van der Waals surface area contributed by atoms with E-state index in [2.05, 4.69) is 38.4 Å². The monoisotopic (exact) mass is 322 g/mol. The molecule has 0 unspecified atom stereocenters. The third-order valence-electron chi connectivity index (χ3n) is 4.31. The number of pyridine rings is 1. The third-order valence-corrected chi connectivity index (χ3v) is 4.91. The topological polar surface area (TPSA) is 34.1 Å². The lowest BCUT2D eigenvalue weighted by Gasteiger charge is -2.35. The summed E-state index contributed by atoms with van der Waals surface area (Å²) in [7, 11) is 1.68. The van der Waals surface area contributed by atoms with Crippen LogP contribution >= 0.6 is 15.9 Å². The Hall–Kier alpha value is -0.870. The number of hydrogen-bond acceptors (Lipinski definition) is 3. The fraction of sp³-hybridized carbons (Fsp3) is 0.533. The third kappa shape index (κ3) is 2.70. The number of nitrogens with zero attached hydrogens (tertiary/aromatic N) is 1. The van der Waals surface area contributed by atoms with Gasteiger partial charge in [-0.2, -0.15) is 0 Å². The van der Waals surface area contributed by atoms with Crippen LogP contribution in [0.15, 0.2) is 22.9 Å². The van der Waals surface area contributed by atoms with Gasteiger partial charge in [0.25, 0.3) is 0 Å². The molecule has 1 N–H and O–H groups in total. The molecule has 3 nitrogen and oxygen atoms in total. The van der Waals surface area contributed by atoms with Crippen LogP contribution < -0.4 is 10.1 Å². The molecule has 1 aliphatic heterocycles. The lowest BCUT2D eigenvalue weighted by molar-refractivity contribution is 0.252. The number of ether oxygens (including phenoxy) is 1. The molecule has 1 fully saturated rings. The Kier molecular flexibility index (Phi) is 3.89. The minimum atomic E-state index is 0.771. The maximum absolute atomic E-state index is 5.33. The molecule has 1 aromatic rings. The van der Waals surface area contributed by atoms with E-state index in [4.69, 9.17) is 4.74 Å². The Balaban J connectivity index is 1.84. The van der Waals surface area contributed by atoms with Crippen molar-refractivity contribution in [3.05, 3.63) is 28.5 Å². The predicted octanol–water partition coefficient (Wildman–Crippen LogP) is 3.26. The summed E-state index contributed by atoms with van der Waals surface area (Å²) in [5.74, 6) is 2.46. The van der Waals surface area contributed by atoms with Crippen molar-refractivity contribution in [1.82, 2.24) is 10.3 Å². The number of allylic oxidation sites excluding steroid dienone is 2. The van der Waals surface area contributed by atoms with Gasteiger partial charge in [-0.15, -0.1) is 0 Å². The Morgan fingerprint density at radius 2 is 2.32 bits per heavy atom. The molecule has 0 aromatic carbocycles. The molecular formula is C15H19BrN2O. The number of nitrogens with one attached hydrogen (secondary N) is 1. The number of aromatic nitrogens is 1. The number of methoxy groups -OCH3 is 1. The maximum atomic E-state index is 5.33. The zero-order valence-electron chi connectivity index (χ0n) is 11.2. The molecule has 1 saturated heterocycles. The van der Waals surface area contributed by atoms with Crippen LogP contribution in [-0.4, -0.2) is 25.2 Å². The zero-order chi connectivity index (χ0) is 13.2.